The highest BCUT2D eigenvalue weighted by Crippen LogP contribution is 2.19. The van der Waals surface area contributed by atoms with Crippen LogP contribution in [0.1, 0.15) is 16.8 Å². The van der Waals surface area contributed by atoms with Crippen molar-refractivity contribution in [2.45, 2.75) is 26.5 Å². The molecule has 0 fully saturated rings. The highest BCUT2D eigenvalue weighted by molar-refractivity contribution is 14.0. The van der Waals surface area contributed by atoms with Crippen LogP contribution in [0.2, 0.25) is 0 Å². The van der Waals surface area contributed by atoms with Crippen LogP contribution in [0.4, 0.5) is 0 Å². The smallest absolute Gasteiger partial charge is 0.191 e. The molecule has 1 atom stereocenters. The van der Waals surface area contributed by atoms with Gasteiger partial charge < -0.3 is 20.1 Å². The van der Waals surface area contributed by atoms with Crippen molar-refractivity contribution >= 4 is 41.3 Å². The van der Waals surface area contributed by atoms with Gasteiger partial charge in [-0.3, -0.25) is 4.99 Å². The number of benzene rings is 1. The number of nitrogens with one attached hydrogen (secondary N) is 2. The molecule has 0 aliphatic carbocycles. The lowest BCUT2D eigenvalue weighted by molar-refractivity contribution is 0.223. The summed E-state index contributed by atoms with van der Waals surface area (Å²) in [6, 6.07) is 7.58. The number of ether oxygens (including phenoxy) is 2. The van der Waals surface area contributed by atoms with Crippen LogP contribution >= 0.6 is 35.3 Å². The van der Waals surface area contributed by atoms with Gasteiger partial charge in [-0.1, -0.05) is 6.07 Å². The Kier molecular flexibility index (Phi) is 9.58. The molecule has 1 heterocycles. The van der Waals surface area contributed by atoms with Crippen molar-refractivity contribution < 1.29 is 9.47 Å². The van der Waals surface area contributed by atoms with Gasteiger partial charge in [-0.25, -0.2) is 4.98 Å². The van der Waals surface area contributed by atoms with Gasteiger partial charge in [-0.15, -0.1) is 35.3 Å². The molecular weight excluding hydrogens is 451 g/mol. The Hall–Kier alpha value is -1.55. The topological polar surface area (TPSA) is 67.8 Å². The molecule has 2 aromatic rings. The number of aromatic nitrogens is 1. The van der Waals surface area contributed by atoms with Crippen LogP contribution in [-0.2, 0) is 6.54 Å². The molecule has 0 bridgehead atoms. The lowest BCUT2D eigenvalue weighted by Crippen LogP contribution is -2.41. The summed E-state index contributed by atoms with van der Waals surface area (Å²) in [5.41, 5.74) is 0. The number of methoxy groups -OCH3 is 1. The predicted molar refractivity (Wildman–Crippen MR) is 114 cm³/mol. The Bertz CT molecular complexity index is 678. The number of thiazole rings is 1. The largest absolute Gasteiger partial charge is 0.497 e. The van der Waals surface area contributed by atoms with Gasteiger partial charge in [0, 0.05) is 24.2 Å². The number of rotatable bonds is 7. The molecule has 8 heteroatoms. The SMILES string of the molecule is CN=C(NCc1ncc(C)s1)NCC(C)Oc1cccc(OC)c1.I. The van der Waals surface area contributed by atoms with E-state index in [4.69, 9.17) is 9.47 Å². The van der Waals surface area contributed by atoms with Crippen molar-refractivity contribution in [3.63, 3.8) is 0 Å². The molecule has 2 N–H and O–H groups in total. The van der Waals surface area contributed by atoms with Crippen molar-refractivity contribution in [3.8, 4) is 11.5 Å². The summed E-state index contributed by atoms with van der Waals surface area (Å²) in [4.78, 5) is 9.74. The van der Waals surface area contributed by atoms with Crippen LogP contribution in [-0.4, -0.2) is 37.7 Å². The molecule has 0 aliphatic heterocycles. The average molecular weight is 476 g/mol. The molecule has 0 saturated heterocycles. The van der Waals surface area contributed by atoms with Crippen molar-refractivity contribution in [3.05, 3.63) is 40.3 Å². The van der Waals surface area contributed by atoms with E-state index in [9.17, 15) is 0 Å². The van der Waals surface area contributed by atoms with Gasteiger partial charge in [0.05, 0.1) is 20.2 Å². The lowest BCUT2D eigenvalue weighted by Gasteiger charge is -2.17. The third-order valence-corrected chi connectivity index (χ3v) is 4.15. The predicted octanol–water partition coefficient (Wildman–Crippen LogP) is 3.21. The van der Waals surface area contributed by atoms with Crippen LogP contribution in [0, 0.1) is 6.92 Å². The van der Waals surface area contributed by atoms with E-state index < -0.39 is 0 Å². The van der Waals surface area contributed by atoms with E-state index in [0.29, 0.717) is 13.1 Å². The normalized spacial score (nSPS) is 12.1. The Morgan fingerprint density at radius 2 is 2.08 bits per heavy atom. The minimum Gasteiger partial charge on any atom is -0.497 e. The van der Waals surface area contributed by atoms with Crippen LogP contribution < -0.4 is 20.1 Å². The summed E-state index contributed by atoms with van der Waals surface area (Å²) < 4.78 is 11.1. The molecule has 0 amide bonds. The number of guanidine groups is 1. The zero-order chi connectivity index (χ0) is 17.4. The van der Waals surface area contributed by atoms with Crippen LogP contribution in [0.25, 0.3) is 0 Å². The Morgan fingerprint density at radius 3 is 2.72 bits per heavy atom. The highest BCUT2D eigenvalue weighted by atomic mass is 127. The first-order valence-corrected chi connectivity index (χ1v) is 8.59. The van der Waals surface area contributed by atoms with E-state index in [-0.39, 0.29) is 30.1 Å². The minimum atomic E-state index is -0.0160. The second kappa shape index (κ2) is 11.1. The van der Waals surface area contributed by atoms with Crippen molar-refractivity contribution in [2.24, 2.45) is 4.99 Å². The number of hydrogen-bond donors (Lipinski definition) is 2. The molecule has 25 heavy (non-hydrogen) atoms. The fourth-order valence-corrected chi connectivity index (χ4v) is 2.78. The standard InChI is InChI=1S/C17H24N4O2S.HI/c1-12(23-15-7-5-6-14(8-15)22-4)9-20-17(18-3)21-11-16-19-10-13(2)24-16;/h5-8,10,12H,9,11H2,1-4H3,(H2,18,20,21);1H. The van der Waals surface area contributed by atoms with E-state index in [1.54, 1.807) is 25.5 Å². The fraction of sp³-hybridized carbons (Fsp3) is 0.412. The molecule has 0 spiro atoms. The average Bonchev–Trinajstić information content (AvgIpc) is 3.00. The van der Waals surface area contributed by atoms with E-state index in [0.717, 1.165) is 22.5 Å². The van der Waals surface area contributed by atoms with Gasteiger partial charge in [0.25, 0.3) is 0 Å². The van der Waals surface area contributed by atoms with E-state index >= 15 is 0 Å². The van der Waals surface area contributed by atoms with Crippen molar-refractivity contribution in [1.29, 1.82) is 0 Å². The van der Waals surface area contributed by atoms with E-state index in [1.807, 2.05) is 44.3 Å². The first-order chi connectivity index (χ1) is 11.6. The molecular formula is C17H25IN4O2S. The lowest BCUT2D eigenvalue weighted by atomic mass is 10.3. The second-order valence-corrected chi connectivity index (χ2v) is 6.60. The summed E-state index contributed by atoms with van der Waals surface area (Å²) in [6.45, 7) is 5.34. The molecule has 0 aliphatic rings. The number of halogens is 1. The van der Waals surface area contributed by atoms with Gasteiger partial charge >= 0.3 is 0 Å². The monoisotopic (exact) mass is 476 g/mol. The maximum Gasteiger partial charge on any atom is 0.191 e. The van der Waals surface area contributed by atoms with Gasteiger partial charge in [0.15, 0.2) is 5.96 Å². The number of nitrogens with zero attached hydrogens (tertiary/aromatic N) is 2. The molecule has 2 rings (SSSR count). The first kappa shape index (κ1) is 21.5. The number of aryl methyl sites for hydroxylation is 1. The van der Waals surface area contributed by atoms with E-state index in [1.165, 1.54) is 4.88 Å². The van der Waals surface area contributed by atoms with Gasteiger partial charge in [0.2, 0.25) is 0 Å². The van der Waals surface area contributed by atoms with Gasteiger partial charge in [-0.2, -0.15) is 0 Å². The zero-order valence-corrected chi connectivity index (χ0v) is 18.1. The van der Waals surface area contributed by atoms with Gasteiger partial charge in [-0.05, 0) is 26.0 Å². The molecule has 0 saturated carbocycles. The Morgan fingerprint density at radius 1 is 1.32 bits per heavy atom. The third kappa shape index (κ3) is 7.47. The molecule has 138 valence electrons. The Balaban J connectivity index is 0.00000312. The number of hydrogen-bond acceptors (Lipinski definition) is 5. The summed E-state index contributed by atoms with van der Waals surface area (Å²) >= 11 is 1.68. The van der Waals surface area contributed by atoms with Crippen molar-refractivity contribution in [2.75, 3.05) is 20.7 Å². The fourth-order valence-electron chi connectivity index (χ4n) is 2.05. The van der Waals surface area contributed by atoms with Gasteiger partial charge in [0.1, 0.15) is 22.6 Å². The summed E-state index contributed by atoms with van der Waals surface area (Å²) in [5.74, 6) is 2.29. The van der Waals surface area contributed by atoms with Crippen LogP contribution in [0.15, 0.2) is 35.5 Å². The highest BCUT2D eigenvalue weighted by Gasteiger charge is 2.07. The van der Waals surface area contributed by atoms with Crippen molar-refractivity contribution in [1.82, 2.24) is 15.6 Å². The quantitative estimate of drug-likeness (QED) is 0.365. The summed E-state index contributed by atoms with van der Waals surface area (Å²) in [5, 5.41) is 7.54. The zero-order valence-electron chi connectivity index (χ0n) is 14.9. The molecule has 6 nitrogen and oxygen atoms in total. The van der Waals surface area contributed by atoms with Crippen LogP contribution in [0.5, 0.6) is 11.5 Å². The third-order valence-electron chi connectivity index (χ3n) is 3.24. The Labute approximate surface area is 170 Å². The van der Waals surface area contributed by atoms with Crippen LogP contribution in [0.3, 0.4) is 0 Å². The maximum atomic E-state index is 5.88. The molecule has 0 radical (unpaired) electrons. The summed E-state index contributed by atoms with van der Waals surface area (Å²) in [6.07, 6.45) is 1.86. The van der Waals surface area contributed by atoms with E-state index in [2.05, 4.69) is 20.6 Å². The minimum absolute atomic E-state index is 0. The molecule has 1 aromatic heterocycles. The summed E-state index contributed by atoms with van der Waals surface area (Å²) in [7, 11) is 3.39. The first-order valence-electron chi connectivity index (χ1n) is 7.77. The maximum absolute atomic E-state index is 5.88. The second-order valence-electron chi connectivity index (χ2n) is 5.28. The molecule has 1 aromatic carbocycles. The molecule has 1 unspecified atom stereocenters. The number of aliphatic imine (C=N–C) groups is 1.